The highest BCUT2D eigenvalue weighted by molar-refractivity contribution is 5.88. The molecule has 1 amide bonds. The molecule has 0 saturated carbocycles. The molecule has 0 unspecified atom stereocenters. The minimum absolute atomic E-state index is 0.0541. The number of benzene rings is 2. The summed E-state index contributed by atoms with van der Waals surface area (Å²) in [5.41, 5.74) is 1.36. The first kappa shape index (κ1) is 19.0. The van der Waals surface area contributed by atoms with Crippen molar-refractivity contribution in [3.63, 3.8) is 0 Å². The highest BCUT2D eigenvalue weighted by Crippen LogP contribution is 2.32. The van der Waals surface area contributed by atoms with Crippen LogP contribution in [0.5, 0.6) is 5.75 Å². The zero-order chi connectivity index (χ0) is 18.3. The Bertz CT molecular complexity index is 663. The summed E-state index contributed by atoms with van der Waals surface area (Å²) in [5.74, 6) is 0.148. The molecule has 4 nitrogen and oxygen atoms in total. The van der Waals surface area contributed by atoms with Crippen LogP contribution in [0.25, 0.3) is 0 Å². The smallest absolute Gasteiger partial charge is 0.230 e. The summed E-state index contributed by atoms with van der Waals surface area (Å²) in [7, 11) is 0. The summed E-state index contributed by atoms with van der Waals surface area (Å²) < 4.78 is 0. The van der Waals surface area contributed by atoms with Gasteiger partial charge in [0.15, 0.2) is 0 Å². The van der Waals surface area contributed by atoms with Crippen LogP contribution in [0.2, 0.25) is 0 Å². The number of amides is 1. The second-order valence-corrected chi connectivity index (χ2v) is 6.38. The molecule has 0 bridgehead atoms. The predicted octanol–water partition coefficient (Wildman–Crippen LogP) is 3.17. The molecule has 25 heavy (non-hydrogen) atoms. The summed E-state index contributed by atoms with van der Waals surface area (Å²) in [6.45, 7) is 3.90. The van der Waals surface area contributed by atoms with Gasteiger partial charge in [-0.3, -0.25) is 4.79 Å². The topological polar surface area (TPSA) is 69.6 Å². The van der Waals surface area contributed by atoms with Gasteiger partial charge in [-0.05, 0) is 42.5 Å². The maximum Gasteiger partial charge on any atom is 0.230 e. The third kappa shape index (κ3) is 4.40. The molecule has 0 radical (unpaired) electrons. The number of rotatable bonds is 8. The van der Waals surface area contributed by atoms with Crippen molar-refractivity contribution in [1.82, 2.24) is 5.32 Å². The van der Waals surface area contributed by atoms with Crippen molar-refractivity contribution in [3.05, 3.63) is 65.7 Å². The van der Waals surface area contributed by atoms with Crippen LogP contribution in [0.4, 0.5) is 0 Å². The van der Waals surface area contributed by atoms with E-state index in [1.54, 1.807) is 24.3 Å². The van der Waals surface area contributed by atoms with Gasteiger partial charge < -0.3 is 15.5 Å². The minimum atomic E-state index is -0.594. The number of hydrogen-bond acceptors (Lipinski definition) is 3. The average molecular weight is 341 g/mol. The number of hydrogen-bond donors (Lipinski definition) is 3. The van der Waals surface area contributed by atoms with Crippen LogP contribution in [-0.2, 0) is 16.6 Å². The van der Waals surface area contributed by atoms with Crippen molar-refractivity contribution in [3.8, 4) is 5.75 Å². The zero-order valence-electron chi connectivity index (χ0n) is 14.9. The second-order valence-electron chi connectivity index (χ2n) is 6.38. The molecule has 0 saturated heterocycles. The quantitative estimate of drug-likeness (QED) is 0.691. The molecule has 0 aliphatic rings. The van der Waals surface area contributed by atoms with E-state index in [0.717, 1.165) is 11.1 Å². The lowest BCUT2D eigenvalue weighted by atomic mass is 9.75. The van der Waals surface area contributed by atoms with E-state index in [1.807, 2.05) is 44.2 Å². The summed E-state index contributed by atoms with van der Waals surface area (Å²) >= 11 is 0. The molecule has 2 aromatic rings. The number of nitrogens with one attached hydrogen (secondary N) is 1. The van der Waals surface area contributed by atoms with Crippen molar-refractivity contribution < 1.29 is 15.0 Å². The maximum absolute atomic E-state index is 13.1. The Kier molecular flexibility index (Phi) is 6.59. The van der Waals surface area contributed by atoms with Crippen molar-refractivity contribution >= 4 is 5.91 Å². The molecule has 0 heterocycles. The Morgan fingerprint density at radius 1 is 1.04 bits per heavy atom. The summed E-state index contributed by atoms with van der Waals surface area (Å²) in [5, 5.41) is 22.1. The van der Waals surface area contributed by atoms with Crippen LogP contribution in [0.3, 0.4) is 0 Å². The fourth-order valence-electron chi connectivity index (χ4n) is 3.27. The number of aromatic hydroxyl groups is 1. The fourth-order valence-corrected chi connectivity index (χ4v) is 3.27. The van der Waals surface area contributed by atoms with E-state index in [4.69, 9.17) is 0 Å². The number of carbonyl (C=O) groups is 1. The van der Waals surface area contributed by atoms with E-state index in [-0.39, 0.29) is 24.3 Å². The van der Waals surface area contributed by atoms with Gasteiger partial charge in [-0.1, -0.05) is 56.3 Å². The van der Waals surface area contributed by atoms with Gasteiger partial charge in [-0.15, -0.1) is 0 Å². The standard InChI is InChI=1S/C21H27NO3/c1-3-21(4-2,17-8-6-5-7-9-17)20(25)22-18(15-23)14-16-10-12-19(24)13-11-16/h5-13,18,23-24H,3-4,14-15H2,1-2H3,(H,22,25)/t18-/m0/s1. The number of phenolic OH excluding ortho intramolecular Hbond substituents is 1. The van der Waals surface area contributed by atoms with Gasteiger partial charge in [0.2, 0.25) is 5.91 Å². The predicted molar refractivity (Wildman–Crippen MR) is 99.5 cm³/mol. The Balaban J connectivity index is 2.17. The molecule has 134 valence electrons. The first-order valence-corrected chi connectivity index (χ1v) is 8.81. The SMILES string of the molecule is CCC(CC)(C(=O)N[C@H](CO)Cc1ccc(O)cc1)c1ccccc1. The number of aliphatic hydroxyl groups is 1. The van der Waals surface area contributed by atoms with Gasteiger partial charge >= 0.3 is 0 Å². The summed E-state index contributed by atoms with van der Waals surface area (Å²) in [6.07, 6.45) is 1.90. The fraction of sp³-hybridized carbons (Fsp3) is 0.381. The van der Waals surface area contributed by atoms with Crippen LogP contribution in [0, 0.1) is 0 Å². The number of carbonyl (C=O) groups excluding carboxylic acids is 1. The van der Waals surface area contributed by atoms with Gasteiger partial charge in [0.05, 0.1) is 18.1 Å². The first-order chi connectivity index (χ1) is 12.1. The molecule has 0 fully saturated rings. The Labute approximate surface area is 149 Å². The van der Waals surface area contributed by atoms with Crippen molar-refractivity contribution in [1.29, 1.82) is 0 Å². The normalized spacial score (nSPS) is 12.6. The van der Waals surface area contributed by atoms with Gasteiger partial charge in [-0.25, -0.2) is 0 Å². The third-order valence-electron chi connectivity index (χ3n) is 4.94. The molecule has 0 spiro atoms. The Morgan fingerprint density at radius 3 is 2.16 bits per heavy atom. The van der Waals surface area contributed by atoms with Crippen LogP contribution >= 0.6 is 0 Å². The van der Waals surface area contributed by atoms with E-state index in [2.05, 4.69) is 5.32 Å². The lowest BCUT2D eigenvalue weighted by molar-refractivity contribution is -0.128. The van der Waals surface area contributed by atoms with E-state index < -0.39 is 5.41 Å². The van der Waals surface area contributed by atoms with Crippen molar-refractivity contribution in [2.45, 2.75) is 44.6 Å². The highest BCUT2D eigenvalue weighted by atomic mass is 16.3. The van der Waals surface area contributed by atoms with E-state index in [0.29, 0.717) is 19.3 Å². The molecular formula is C21H27NO3. The van der Waals surface area contributed by atoms with E-state index >= 15 is 0 Å². The molecule has 0 aliphatic heterocycles. The minimum Gasteiger partial charge on any atom is -0.508 e. The molecule has 2 aromatic carbocycles. The summed E-state index contributed by atoms with van der Waals surface area (Å²) in [6, 6.07) is 16.3. The van der Waals surface area contributed by atoms with Gasteiger partial charge in [-0.2, -0.15) is 0 Å². The Hall–Kier alpha value is -2.33. The van der Waals surface area contributed by atoms with E-state index in [1.165, 1.54) is 0 Å². The largest absolute Gasteiger partial charge is 0.508 e. The van der Waals surface area contributed by atoms with E-state index in [9.17, 15) is 15.0 Å². The third-order valence-corrected chi connectivity index (χ3v) is 4.94. The molecule has 0 aromatic heterocycles. The summed E-state index contributed by atoms with van der Waals surface area (Å²) in [4.78, 5) is 13.1. The van der Waals surface area contributed by atoms with Gasteiger partial charge in [0, 0.05) is 0 Å². The van der Waals surface area contributed by atoms with Crippen LogP contribution in [0.1, 0.15) is 37.8 Å². The van der Waals surface area contributed by atoms with Crippen LogP contribution in [0.15, 0.2) is 54.6 Å². The monoisotopic (exact) mass is 341 g/mol. The molecule has 2 rings (SSSR count). The lowest BCUT2D eigenvalue weighted by Gasteiger charge is -2.32. The number of aliphatic hydroxyl groups excluding tert-OH is 1. The second kappa shape index (κ2) is 8.67. The van der Waals surface area contributed by atoms with Gasteiger partial charge in [0.1, 0.15) is 5.75 Å². The first-order valence-electron chi connectivity index (χ1n) is 8.81. The highest BCUT2D eigenvalue weighted by Gasteiger charge is 2.37. The molecular weight excluding hydrogens is 314 g/mol. The molecule has 4 heteroatoms. The molecule has 3 N–H and O–H groups in total. The van der Waals surface area contributed by atoms with Crippen LogP contribution in [-0.4, -0.2) is 28.8 Å². The number of phenols is 1. The molecule has 0 aliphatic carbocycles. The lowest BCUT2D eigenvalue weighted by Crippen LogP contribution is -2.49. The van der Waals surface area contributed by atoms with Crippen molar-refractivity contribution in [2.24, 2.45) is 0 Å². The zero-order valence-corrected chi connectivity index (χ0v) is 14.9. The van der Waals surface area contributed by atoms with Crippen molar-refractivity contribution in [2.75, 3.05) is 6.61 Å². The van der Waals surface area contributed by atoms with Crippen LogP contribution < -0.4 is 5.32 Å². The van der Waals surface area contributed by atoms with Gasteiger partial charge in [0.25, 0.3) is 0 Å². The average Bonchev–Trinajstić information content (AvgIpc) is 2.65. The maximum atomic E-state index is 13.1. The molecule has 1 atom stereocenters. The Morgan fingerprint density at radius 2 is 1.64 bits per heavy atom.